The summed E-state index contributed by atoms with van der Waals surface area (Å²) in [4.78, 5) is 10.7. The van der Waals surface area contributed by atoms with Gasteiger partial charge in [0.25, 0.3) is 0 Å². The molecule has 1 aromatic heterocycles. The molecule has 5 nitrogen and oxygen atoms in total. The predicted molar refractivity (Wildman–Crippen MR) is 76.5 cm³/mol. The van der Waals surface area contributed by atoms with Crippen LogP contribution in [-0.2, 0) is 17.8 Å². The Bertz CT molecular complexity index is 579. The zero-order valence-electron chi connectivity index (χ0n) is 10.6. The number of halogens is 1. The molecule has 0 aliphatic rings. The van der Waals surface area contributed by atoms with E-state index in [0.717, 1.165) is 10.2 Å². The van der Waals surface area contributed by atoms with E-state index in [4.69, 9.17) is 20.0 Å². The molecule has 0 spiro atoms. The summed E-state index contributed by atoms with van der Waals surface area (Å²) in [6.45, 7) is 0.282. The molecule has 0 saturated carbocycles. The van der Waals surface area contributed by atoms with Gasteiger partial charge in [0.1, 0.15) is 29.9 Å². The fourth-order valence-corrected chi connectivity index (χ4v) is 1.86. The van der Waals surface area contributed by atoms with Gasteiger partial charge in [-0.15, -0.1) is 0 Å². The van der Waals surface area contributed by atoms with Crippen molar-refractivity contribution in [1.29, 1.82) is 0 Å². The topological polar surface area (TPSA) is 85.7 Å². The summed E-state index contributed by atoms with van der Waals surface area (Å²) in [5, 5.41) is 8.73. The largest absolute Gasteiger partial charge is 0.486 e. The molecule has 1 aromatic carbocycles. The molecule has 0 aliphatic carbocycles. The van der Waals surface area contributed by atoms with Crippen LogP contribution in [0.2, 0.25) is 0 Å². The van der Waals surface area contributed by atoms with Crippen LogP contribution in [0.15, 0.2) is 45.3 Å². The zero-order valence-corrected chi connectivity index (χ0v) is 12.2. The van der Waals surface area contributed by atoms with E-state index in [1.165, 1.54) is 0 Å². The van der Waals surface area contributed by atoms with Crippen molar-refractivity contribution in [3.8, 4) is 5.75 Å². The first-order chi connectivity index (χ1) is 9.54. The van der Waals surface area contributed by atoms with Gasteiger partial charge in [-0.2, -0.15) is 0 Å². The van der Waals surface area contributed by atoms with Crippen LogP contribution < -0.4 is 10.5 Å². The van der Waals surface area contributed by atoms with Crippen molar-refractivity contribution in [1.82, 2.24) is 0 Å². The number of furan rings is 1. The van der Waals surface area contributed by atoms with Gasteiger partial charge in [0.15, 0.2) is 0 Å². The highest BCUT2D eigenvalue weighted by Crippen LogP contribution is 2.18. The number of benzene rings is 1. The van der Waals surface area contributed by atoms with Crippen LogP contribution in [0.1, 0.15) is 11.5 Å². The van der Waals surface area contributed by atoms with Crippen LogP contribution in [0.3, 0.4) is 0 Å². The molecule has 2 aromatic rings. The second-order valence-corrected chi connectivity index (χ2v) is 5.18. The SMILES string of the molecule is NC(Cc1ccc(COc2ccc(Br)cc2)o1)C(=O)O. The molecular formula is C14H14BrNO4. The van der Waals surface area contributed by atoms with Gasteiger partial charge in [-0.05, 0) is 36.4 Å². The van der Waals surface area contributed by atoms with Gasteiger partial charge in [0.05, 0.1) is 0 Å². The average molecular weight is 340 g/mol. The van der Waals surface area contributed by atoms with Crippen molar-refractivity contribution in [3.05, 3.63) is 52.4 Å². The lowest BCUT2D eigenvalue weighted by molar-refractivity contribution is -0.138. The first-order valence-electron chi connectivity index (χ1n) is 5.99. The van der Waals surface area contributed by atoms with E-state index in [1.807, 2.05) is 24.3 Å². The quantitative estimate of drug-likeness (QED) is 0.844. The molecular weight excluding hydrogens is 326 g/mol. The molecule has 1 heterocycles. The van der Waals surface area contributed by atoms with Crippen LogP contribution in [0.25, 0.3) is 0 Å². The molecule has 0 bridgehead atoms. The number of carboxylic acid groups (broad SMARTS) is 1. The van der Waals surface area contributed by atoms with Crippen molar-refractivity contribution in [2.24, 2.45) is 5.73 Å². The van der Waals surface area contributed by atoms with E-state index in [9.17, 15) is 4.79 Å². The number of ether oxygens (including phenoxy) is 1. The Labute approximate surface area is 124 Å². The van der Waals surface area contributed by atoms with Crippen molar-refractivity contribution >= 4 is 21.9 Å². The molecule has 2 rings (SSSR count). The Morgan fingerprint density at radius 1 is 1.25 bits per heavy atom. The first-order valence-corrected chi connectivity index (χ1v) is 6.78. The average Bonchev–Trinajstić information content (AvgIpc) is 2.85. The Kier molecular flexibility index (Phi) is 4.81. The van der Waals surface area contributed by atoms with E-state index < -0.39 is 12.0 Å². The van der Waals surface area contributed by atoms with Crippen molar-refractivity contribution in [2.45, 2.75) is 19.1 Å². The highest BCUT2D eigenvalue weighted by Gasteiger charge is 2.14. The normalized spacial score (nSPS) is 12.1. The van der Waals surface area contributed by atoms with Crippen LogP contribution in [0.5, 0.6) is 5.75 Å². The summed E-state index contributed by atoms with van der Waals surface area (Å²) in [5.41, 5.74) is 5.44. The Balaban J connectivity index is 1.89. The minimum Gasteiger partial charge on any atom is -0.486 e. The third-order valence-corrected chi connectivity index (χ3v) is 3.18. The molecule has 0 fully saturated rings. The summed E-state index contributed by atoms with van der Waals surface area (Å²) in [5.74, 6) is 0.845. The van der Waals surface area contributed by atoms with E-state index in [-0.39, 0.29) is 13.0 Å². The molecule has 0 saturated heterocycles. The highest BCUT2D eigenvalue weighted by molar-refractivity contribution is 9.10. The number of nitrogens with two attached hydrogens (primary N) is 1. The second-order valence-electron chi connectivity index (χ2n) is 4.26. The monoisotopic (exact) mass is 339 g/mol. The van der Waals surface area contributed by atoms with Crippen molar-refractivity contribution in [2.75, 3.05) is 0 Å². The second kappa shape index (κ2) is 6.58. The van der Waals surface area contributed by atoms with Gasteiger partial charge < -0.3 is 20.0 Å². The molecule has 20 heavy (non-hydrogen) atoms. The molecule has 0 aliphatic heterocycles. The van der Waals surface area contributed by atoms with Gasteiger partial charge in [0.2, 0.25) is 0 Å². The molecule has 1 atom stereocenters. The van der Waals surface area contributed by atoms with Crippen LogP contribution in [0.4, 0.5) is 0 Å². The lowest BCUT2D eigenvalue weighted by atomic mass is 10.2. The number of carbonyl (C=O) groups is 1. The fourth-order valence-electron chi connectivity index (χ4n) is 1.60. The third kappa shape index (κ3) is 4.11. The Hall–Kier alpha value is -1.79. The highest BCUT2D eigenvalue weighted by atomic mass is 79.9. The standard InChI is InChI=1S/C14H14BrNO4/c15-9-1-3-10(4-2-9)19-8-12-6-5-11(20-12)7-13(16)14(17)18/h1-6,13H,7-8,16H2,(H,17,18). The summed E-state index contributed by atoms with van der Waals surface area (Å²) in [6, 6.07) is 9.96. The third-order valence-electron chi connectivity index (χ3n) is 2.65. The van der Waals surface area contributed by atoms with Crippen molar-refractivity contribution < 1.29 is 19.1 Å². The van der Waals surface area contributed by atoms with Crippen LogP contribution in [0, 0.1) is 0 Å². The summed E-state index contributed by atoms with van der Waals surface area (Å²) in [6.07, 6.45) is 0.160. The van der Waals surface area contributed by atoms with Crippen LogP contribution >= 0.6 is 15.9 Å². The molecule has 3 N–H and O–H groups in total. The van der Waals surface area contributed by atoms with Gasteiger partial charge in [-0.3, -0.25) is 4.79 Å². The number of hydrogen-bond acceptors (Lipinski definition) is 4. The number of aliphatic carboxylic acids is 1. The lowest BCUT2D eigenvalue weighted by Crippen LogP contribution is -2.32. The summed E-state index contributed by atoms with van der Waals surface area (Å²) < 4.78 is 12.0. The molecule has 106 valence electrons. The minimum atomic E-state index is -1.05. The molecule has 0 amide bonds. The van der Waals surface area contributed by atoms with Gasteiger partial charge >= 0.3 is 5.97 Å². The van der Waals surface area contributed by atoms with E-state index in [2.05, 4.69) is 15.9 Å². The molecule has 1 unspecified atom stereocenters. The maximum absolute atomic E-state index is 10.7. The Morgan fingerprint density at radius 3 is 2.55 bits per heavy atom. The lowest BCUT2D eigenvalue weighted by Gasteiger charge is -2.05. The van der Waals surface area contributed by atoms with Crippen LogP contribution in [-0.4, -0.2) is 17.1 Å². The van der Waals surface area contributed by atoms with Gasteiger partial charge in [0, 0.05) is 10.9 Å². The summed E-state index contributed by atoms with van der Waals surface area (Å²) in [7, 11) is 0. The number of carboxylic acids is 1. The van der Waals surface area contributed by atoms with E-state index in [1.54, 1.807) is 12.1 Å². The predicted octanol–water partition coefficient (Wildman–Crippen LogP) is 2.58. The van der Waals surface area contributed by atoms with E-state index >= 15 is 0 Å². The maximum Gasteiger partial charge on any atom is 0.320 e. The number of rotatable bonds is 6. The van der Waals surface area contributed by atoms with Gasteiger partial charge in [-0.25, -0.2) is 0 Å². The maximum atomic E-state index is 10.7. The van der Waals surface area contributed by atoms with Crippen molar-refractivity contribution in [3.63, 3.8) is 0 Å². The molecule has 6 heteroatoms. The number of hydrogen-bond donors (Lipinski definition) is 2. The fraction of sp³-hybridized carbons (Fsp3) is 0.214. The first kappa shape index (κ1) is 14.6. The smallest absolute Gasteiger partial charge is 0.320 e. The minimum absolute atomic E-state index is 0.160. The summed E-state index contributed by atoms with van der Waals surface area (Å²) >= 11 is 3.35. The molecule has 0 radical (unpaired) electrons. The van der Waals surface area contributed by atoms with Gasteiger partial charge in [-0.1, -0.05) is 15.9 Å². The van der Waals surface area contributed by atoms with E-state index in [0.29, 0.717) is 11.5 Å². The zero-order chi connectivity index (χ0) is 14.5. The Morgan fingerprint density at radius 2 is 1.90 bits per heavy atom.